The summed E-state index contributed by atoms with van der Waals surface area (Å²) in [7, 11) is 0. The van der Waals surface area contributed by atoms with E-state index in [-0.39, 0.29) is 12.0 Å². The number of rotatable bonds is 4. The first-order valence-corrected chi connectivity index (χ1v) is 5.86. The lowest BCUT2D eigenvalue weighted by Crippen LogP contribution is -2.48. The minimum Gasteiger partial charge on any atom is -0.373 e. The molecule has 0 aliphatic carbocycles. The molecule has 1 saturated heterocycles. The Morgan fingerprint density at radius 3 is 3.18 bits per heavy atom. The molecule has 1 aromatic rings. The number of carbonyl (C=O) groups is 1. The predicted octanol–water partition coefficient (Wildman–Crippen LogP) is -0.541. The van der Waals surface area contributed by atoms with Gasteiger partial charge >= 0.3 is 0 Å². The summed E-state index contributed by atoms with van der Waals surface area (Å²) in [5.74, 6) is 0.141. The molecule has 1 atom stereocenters. The van der Waals surface area contributed by atoms with E-state index in [1.54, 1.807) is 10.9 Å². The van der Waals surface area contributed by atoms with Crippen molar-refractivity contribution in [3.05, 3.63) is 18.5 Å². The van der Waals surface area contributed by atoms with Crippen LogP contribution in [-0.2, 0) is 16.1 Å². The first-order chi connectivity index (χ1) is 8.29. The minimum absolute atomic E-state index is 0.0163. The lowest BCUT2D eigenvalue weighted by Gasteiger charge is -2.32. The molecule has 2 heterocycles. The Balaban J connectivity index is 1.79. The van der Waals surface area contributed by atoms with E-state index in [4.69, 9.17) is 10.5 Å². The molecule has 1 aliphatic heterocycles. The molecule has 0 saturated carbocycles. The first-order valence-electron chi connectivity index (χ1n) is 5.86. The van der Waals surface area contributed by atoms with Gasteiger partial charge in [0, 0.05) is 45.0 Å². The van der Waals surface area contributed by atoms with Crippen LogP contribution in [0.25, 0.3) is 0 Å². The summed E-state index contributed by atoms with van der Waals surface area (Å²) in [5, 5.41) is 4.07. The van der Waals surface area contributed by atoms with E-state index < -0.39 is 0 Å². The number of nitrogens with two attached hydrogens (primary N) is 1. The summed E-state index contributed by atoms with van der Waals surface area (Å²) in [6, 6.07) is 1.85. The number of aryl methyl sites for hydroxylation is 1. The standard InChI is InChI=1S/C11H18N4O2/c12-8-10-9-14(6-7-17-10)11(16)2-5-15-4-1-3-13-15/h1,3-4,10H,2,5-9,12H2. The van der Waals surface area contributed by atoms with Gasteiger partial charge in [-0.3, -0.25) is 9.48 Å². The molecule has 2 N–H and O–H groups in total. The Hall–Kier alpha value is -1.40. The molecular formula is C11H18N4O2. The smallest absolute Gasteiger partial charge is 0.224 e. The lowest BCUT2D eigenvalue weighted by atomic mass is 10.2. The summed E-state index contributed by atoms with van der Waals surface area (Å²) in [4.78, 5) is 13.8. The van der Waals surface area contributed by atoms with Gasteiger partial charge in [-0.15, -0.1) is 0 Å². The molecule has 1 fully saturated rings. The number of hydrogen-bond acceptors (Lipinski definition) is 4. The molecule has 6 nitrogen and oxygen atoms in total. The largest absolute Gasteiger partial charge is 0.373 e. The average molecular weight is 238 g/mol. The van der Waals surface area contributed by atoms with Crippen molar-refractivity contribution in [2.24, 2.45) is 5.73 Å². The fourth-order valence-electron chi connectivity index (χ4n) is 1.89. The highest BCUT2D eigenvalue weighted by molar-refractivity contribution is 5.76. The minimum atomic E-state index is -0.0163. The molecule has 1 amide bonds. The highest BCUT2D eigenvalue weighted by atomic mass is 16.5. The molecule has 6 heteroatoms. The molecule has 94 valence electrons. The number of hydrogen-bond donors (Lipinski definition) is 1. The molecule has 0 radical (unpaired) electrons. The van der Waals surface area contributed by atoms with Gasteiger partial charge in [0.15, 0.2) is 0 Å². The summed E-state index contributed by atoms with van der Waals surface area (Å²) in [6.45, 7) is 2.93. The van der Waals surface area contributed by atoms with Crippen LogP contribution in [0.5, 0.6) is 0 Å². The van der Waals surface area contributed by atoms with E-state index in [0.29, 0.717) is 39.2 Å². The van der Waals surface area contributed by atoms with Gasteiger partial charge in [0.25, 0.3) is 0 Å². The van der Waals surface area contributed by atoms with Gasteiger partial charge in [-0.25, -0.2) is 0 Å². The zero-order chi connectivity index (χ0) is 12.1. The van der Waals surface area contributed by atoms with Crippen molar-refractivity contribution < 1.29 is 9.53 Å². The average Bonchev–Trinajstić information content (AvgIpc) is 2.89. The summed E-state index contributed by atoms with van der Waals surface area (Å²) < 4.78 is 7.18. The first kappa shape index (κ1) is 12.1. The highest BCUT2D eigenvalue weighted by Crippen LogP contribution is 2.06. The maximum Gasteiger partial charge on any atom is 0.224 e. The molecule has 17 heavy (non-hydrogen) atoms. The van der Waals surface area contributed by atoms with E-state index in [9.17, 15) is 4.79 Å². The van der Waals surface area contributed by atoms with Gasteiger partial charge in [-0.2, -0.15) is 5.10 Å². The third-order valence-corrected chi connectivity index (χ3v) is 2.87. The predicted molar refractivity (Wildman–Crippen MR) is 62.2 cm³/mol. The Morgan fingerprint density at radius 1 is 1.59 bits per heavy atom. The van der Waals surface area contributed by atoms with Crippen LogP contribution in [0.1, 0.15) is 6.42 Å². The molecule has 0 bridgehead atoms. The molecule has 1 aliphatic rings. The van der Waals surface area contributed by atoms with E-state index in [1.807, 2.05) is 17.2 Å². The summed E-state index contributed by atoms with van der Waals surface area (Å²) in [5.41, 5.74) is 5.54. The topological polar surface area (TPSA) is 73.4 Å². The van der Waals surface area contributed by atoms with Gasteiger partial charge in [0.05, 0.1) is 12.7 Å². The van der Waals surface area contributed by atoms with Gasteiger partial charge in [-0.05, 0) is 6.07 Å². The second kappa shape index (κ2) is 5.79. The van der Waals surface area contributed by atoms with Crippen LogP contribution in [0.4, 0.5) is 0 Å². The van der Waals surface area contributed by atoms with Crippen LogP contribution in [-0.4, -0.2) is 52.9 Å². The second-order valence-electron chi connectivity index (χ2n) is 4.09. The number of carbonyl (C=O) groups excluding carboxylic acids is 1. The highest BCUT2D eigenvalue weighted by Gasteiger charge is 2.22. The van der Waals surface area contributed by atoms with Gasteiger partial charge < -0.3 is 15.4 Å². The molecular weight excluding hydrogens is 220 g/mol. The third kappa shape index (κ3) is 3.28. The summed E-state index contributed by atoms with van der Waals surface area (Å²) in [6.07, 6.45) is 4.02. The fraction of sp³-hybridized carbons (Fsp3) is 0.636. The molecule has 1 aromatic heterocycles. The Labute approximate surface area is 100 Å². The number of morpholine rings is 1. The number of ether oxygens (including phenoxy) is 1. The van der Waals surface area contributed by atoms with Crippen molar-refractivity contribution in [1.82, 2.24) is 14.7 Å². The normalized spacial score (nSPS) is 20.5. The van der Waals surface area contributed by atoms with E-state index >= 15 is 0 Å². The van der Waals surface area contributed by atoms with E-state index in [2.05, 4.69) is 5.10 Å². The third-order valence-electron chi connectivity index (χ3n) is 2.87. The van der Waals surface area contributed by atoms with E-state index in [0.717, 1.165) is 0 Å². The molecule has 0 spiro atoms. The SMILES string of the molecule is NCC1CN(C(=O)CCn2cccn2)CCO1. The van der Waals surface area contributed by atoms with Crippen LogP contribution in [0.15, 0.2) is 18.5 Å². The van der Waals surface area contributed by atoms with Crippen molar-refractivity contribution in [2.75, 3.05) is 26.2 Å². The monoisotopic (exact) mass is 238 g/mol. The van der Waals surface area contributed by atoms with Crippen LogP contribution in [0, 0.1) is 0 Å². The van der Waals surface area contributed by atoms with E-state index in [1.165, 1.54) is 0 Å². The maximum atomic E-state index is 11.9. The fourth-order valence-corrected chi connectivity index (χ4v) is 1.89. The van der Waals surface area contributed by atoms with Crippen LogP contribution < -0.4 is 5.73 Å². The Morgan fingerprint density at radius 2 is 2.47 bits per heavy atom. The number of aromatic nitrogens is 2. The van der Waals surface area contributed by atoms with Crippen molar-refractivity contribution in [2.45, 2.75) is 19.1 Å². The summed E-state index contributed by atoms with van der Waals surface area (Å²) >= 11 is 0. The second-order valence-corrected chi connectivity index (χ2v) is 4.09. The molecule has 2 rings (SSSR count). The number of nitrogens with zero attached hydrogens (tertiary/aromatic N) is 3. The van der Waals surface area contributed by atoms with Crippen LogP contribution in [0.3, 0.4) is 0 Å². The van der Waals surface area contributed by atoms with Crippen molar-refractivity contribution in [1.29, 1.82) is 0 Å². The molecule has 1 unspecified atom stereocenters. The number of amides is 1. The van der Waals surface area contributed by atoms with Crippen molar-refractivity contribution >= 4 is 5.91 Å². The quantitative estimate of drug-likeness (QED) is 0.764. The molecule has 0 aromatic carbocycles. The van der Waals surface area contributed by atoms with Gasteiger partial charge in [-0.1, -0.05) is 0 Å². The lowest BCUT2D eigenvalue weighted by molar-refractivity contribution is -0.138. The zero-order valence-corrected chi connectivity index (χ0v) is 9.79. The zero-order valence-electron chi connectivity index (χ0n) is 9.79. The Kier molecular flexibility index (Phi) is 4.11. The van der Waals surface area contributed by atoms with Crippen LogP contribution >= 0.6 is 0 Å². The van der Waals surface area contributed by atoms with Gasteiger partial charge in [0.1, 0.15) is 0 Å². The van der Waals surface area contributed by atoms with Crippen molar-refractivity contribution in [3.63, 3.8) is 0 Å². The maximum absolute atomic E-state index is 11.9. The van der Waals surface area contributed by atoms with Crippen LogP contribution in [0.2, 0.25) is 0 Å². The van der Waals surface area contributed by atoms with Gasteiger partial charge in [0.2, 0.25) is 5.91 Å². The van der Waals surface area contributed by atoms with Crippen molar-refractivity contribution in [3.8, 4) is 0 Å². The Bertz CT molecular complexity index is 352.